The molecule has 1 aliphatic carbocycles. The molecule has 0 aliphatic heterocycles. The summed E-state index contributed by atoms with van der Waals surface area (Å²) in [4.78, 5) is 4.65. The Morgan fingerprint density at radius 2 is 1.65 bits per heavy atom. The minimum absolute atomic E-state index is 0.403. The Kier molecular flexibility index (Phi) is 6.45. The predicted molar refractivity (Wildman–Crippen MR) is 73.3 cm³/mol. The first kappa shape index (κ1) is 14.9. The largest absolute Gasteiger partial charge is 0.389 e. The lowest BCUT2D eigenvalue weighted by Crippen LogP contribution is -2.46. The fraction of sp³-hybridized carbons (Fsp3) is 1.00. The molecule has 3 nitrogen and oxygen atoms in total. The van der Waals surface area contributed by atoms with E-state index >= 15 is 0 Å². The molecule has 102 valence electrons. The van der Waals surface area contributed by atoms with Gasteiger partial charge in [0.15, 0.2) is 0 Å². The second kappa shape index (κ2) is 7.34. The van der Waals surface area contributed by atoms with E-state index in [0.717, 1.165) is 39.0 Å². The molecule has 1 saturated carbocycles. The summed E-state index contributed by atoms with van der Waals surface area (Å²) < 4.78 is 0. The zero-order valence-corrected chi connectivity index (χ0v) is 11.9. The highest BCUT2D eigenvalue weighted by atomic mass is 16.3. The van der Waals surface area contributed by atoms with Gasteiger partial charge in [-0.2, -0.15) is 0 Å². The predicted octanol–water partition coefficient (Wildman–Crippen LogP) is 1.96. The van der Waals surface area contributed by atoms with E-state index in [1.807, 2.05) is 0 Å². The lowest BCUT2D eigenvalue weighted by molar-refractivity contribution is -0.0270. The number of nitrogens with zero attached hydrogens (tertiary/aromatic N) is 2. The van der Waals surface area contributed by atoms with Gasteiger partial charge in [-0.1, -0.05) is 26.2 Å². The number of likely N-dealkylation sites (N-methyl/N-ethyl adjacent to an activating group) is 1. The van der Waals surface area contributed by atoms with Gasteiger partial charge >= 0.3 is 0 Å². The number of aliphatic hydroxyl groups is 1. The van der Waals surface area contributed by atoms with Crippen molar-refractivity contribution in [3.05, 3.63) is 0 Å². The lowest BCUT2D eigenvalue weighted by Gasteiger charge is -2.37. The number of rotatable bonds is 7. The van der Waals surface area contributed by atoms with E-state index in [1.165, 1.54) is 25.7 Å². The average Bonchev–Trinajstić information content (AvgIpc) is 2.27. The highest BCUT2D eigenvalue weighted by Crippen LogP contribution is 2.28. The van der Waals surface area contributed by atoms with Crippen LogP contribution in [-0.4, -0.2) is 60.8 Å². The van der Waals surface area contributed by atoms with Gasteiger partial charge in [0.25, 0.3) is 0 Å². The van der Waals surface area contributed by atoms with Crippen molar-refractivity contribution in [3.8, 4) is 0 Å². The van der Waals surface area contributed by atoms with E-state index in [2.05, 4.69) is 30.8 Å². The Morgan fingerprint density at radius 3 is 2.18 bits per heavy atom. The lowest BCUT2D eigenvalue weighted by atomic mass is 9.84. The van der Waals surface area contributed by atoms with Crippen LogP contribution in [0.5, 0.6) is 0 Å². The molecule has 0 radical (unpaired) electrons. The van der Waals surface area contributed by atoms with E-state index < -0.39 is 5.60 Å². The van der Waals surface area contributed by atoms with Crippen LogP contribution in [0.15, 0.2) is 0 Å². The molecule has 17 heavy (non-hydrogen) atoms. The molecule has 0 aromatic carbocycles. The third kappa shape index (κ3) is 5.84. The molecule has 0 heterocycles. The Bertz CT molecular complexity index is 200. The van der Waals surface area contributed by atoms with Crippen LogP contribution < -0.4 is 0 Å². The van der Waals surface area contributed by atoms with Gasteiger partial charge in [-0.25, -0.2) is 0 Å². The molecular weight excluding hydrogens is 212 g/mol. The molecule has 0 spiro atoms. The molecular formula is C14H30N2O. The molecule has 1 aliphatic rings. The maximum absolute atomic E-state index is 10.6. The van der Waals surface area contributed by atoms with E-state index in [0.29, 0.717) is 0 Å². The summed E-state index contributed by atoms with van der Waals surface area (Å²) in [5.74, 6) is 0. The smallest absolute Gasteiger partial charge is 0.0774 e. The van der Waals surface area contributed by atoms with Gasteiger partial charge in [-0.05, 0) is 39.9 Å². The van der Waals surface area contributed by atoms with Crippen molar-refractivity contribution in [2.24, 2.45) is 0 Å². The first-order valence-corrected chi connectivity index (χ1v) is 7.15. The molecule has 1 fully saturated rings. The Morgan fingerprint density at radius 1 is 1.00 bits per heavy atom. The zero-order valence-electron chi connectivity index (χ0n) is 11.9. The van der Waals surface area contributed by atoms with Crippen LogP contribution in [-0.2, 0) is 0 Å². The molecule has 0 amide bonds. The summed E-state index contributed by atoms with van der Waals surface area (Å²) in [6.45, 7) is 6.34. The van der Waals surface area contributed by atoms with Gasteiger partial charge in [0.2, 0.25) is 0 Å². The van der Waals surface area contributed by atoms with Crippen LogP contribution in [0, 0.1) is 0 Å². The highest BCUT2D eigenvalue weighted by molar-refractivity contribution is 4.85. The second-order valence-electron chi connectivity index (χ2n) is 5.86. The number of hydrogen-bond donors (Lipinski definition) is 1. The third-order valence-electron chi connectivity index (χ3n) is 3.71. The molecule has 0 aromatic heterocycles. The summed E-state index contributed by atoms with van der Waals surface area (Å²) >= 11 is 0. The van der Waals surface area contributed by atoms with Gasteiger partial charge in [0.05, 0.1) is 5.60 Å². The van der Waals surface area contributed by atoms with E-state index in [-0.39, 0.29) is 0 Å². The van der Waals surface area contributed by atoms with Crippen LogP contribution >= 0.6 is 0 Å². The highest BCUT2D eigenvalue weighted by Gasteiger charge is 2.30. The van der Waals surface area contributed by atoms with Crippen molar-refractivity contribution >= 4 is 0 Å². The zero-order chi connectivity index (χ0) is 12.7. The van der Waals surface area contributed by atoms with Crippen LogP contribution in [0.25, 0.3) is 0 Å². The van der Waals surface area contributed by atoms with Crippen LogP contribution in [0.3, 0.4) is 0 Å². The molecule has 1 N–H and O–H groups in total. The first-order chi connectivity index (χ1) is 8.06. The van der Waals surface area contributed by atoms with Crippen LogP contribution in [0.1, 0.15) is 45.4 Å². The van der Waals surface area contributed by atoms with Crippen molar-refractivity contribution in [3.63, 3.8) is 0 Å². The molecule has 0 unspecified atom stereocenters. The van der Waals surface area contributed by atoms with Crippen LogP contribution in [0.2, 0.25) is 0 Å². The van der Waals surface area contributed by atoms with Crippen molar-refractivity contribution in [1.82, 2.24) is 9.80 Å². The Balaban J connectivity index is 2.40. The van der Waals surface area contributed by atoms with Crippen molar-refractivity contribution in [2.75, 3.05) is 40.3 Å². The van der Waals surface area contributed by atoms with Crippen LogP contribution in [0.4, 0.5) is 0 Å². The topological polar surface area (TPSA) is 26.7 Å². The molecule has 0 aromatic rings. The Hall–Kier alpha value is -0.120. The summed E-state index contributed by atoms with van der Waals surface area (Å²) in [5, 5.41) is 10.6. The Labute approximate surface area is 107 Å². The average molecular weight is 242 g/mol. The summed E-state index contributed by atoms with van der Waals surface area (Å²) in [5.41, 5.74) is -0.403. The molecule has 0 saturated heterocycles. The molecule has 0 bridgehead atoms. The van der Waals surface area contributed by atoms with Gasteiger partial charge < -0.3 is 10.0 Å². The standard InChI is InChI=1S/C14H30N2O/c1-4-10-16(12-11-15(2)3)13-14(17)8-6-5-7-9-14/h17H,4-13H2,1-3H3. The quantitative estimate of drug-likeness (QED) is 0.739. The number of hydrogen-bond acceptors (Lipinski definition) is 3. The van der Waals surface area contributed by atoms with Gasteiger partial charge in [-0.3, -0.25) is 4.90 Å². The summed E-state index contributed by atoms with van der Waals surface area (Å²) in [7, 11) is 4.22. The van der Waals surface area contributed by atoms with Gasteiger partial charge in [0, 0.05) is 19.6 Å². The van der Waals surface area contributed by atoms with E-state index in [1.54, 1.807) is 0 Å². The van der Waals surface area contributed by atoms with Crippen molar-refractivity contribution < 1.29 is 5.11 Å². The maximum Gasteiger partial charge on any atom is 0.0774 e. The SMILES string of the molecule is CCCN(CCN(C)C)CC1(O)CCCCC1. The minimum atomic E-state index is -0.403. The summed E-state index contributed by atoms with van der Waals surface area (Å²) in [6.07, 6.45) is 6.86. The fourth-order valence-electron chi connectivity index (χ4n) is 2.71. The first-order valence-electron chi connectivity index (χ1n) is 7.15. The fourth-order valence-corrected chi connectivity index (χ4v) is 2.71. The van der Waals surface area contributed by atoms with Gasteiger partial charge in [-0.15, -0.1) is 0 Å². The van der Waals surface area contributed by atoms with Gasteiger partial charge in [0.1, 0.15) is 0 Å². The normalized spacial score (nSPS) is 20.1. The summed E-state index contributed by atoms with van der Waals surface area (Å²) in [6, 6.07) is 0. The second-order valence-corrected chi connectivity index (χ2v) is 5.86. The van der Waals surface area contributed by atoms with Crippen molar-refractivity contribution in [2.45, 2.75) is 51.0 Å². The van der Waals surface area contributed by atoms with Crippen molar-refractivity contribution in [1.29, 1.82) is 0 Å². The third-order valence-corrected chi connectivity index (χ3v) is 3.71. The molecule has 1 rings (SSSR count). The molecule has 3 heteroatoms. The maximum atomic E-state index is 10.6. The minimum Gasteiger partial charge on any atom is -0.389 e. The van der Waals surface area contributed by atoms with E-state index in [4.69, 9.17) is 0 Å². The monoisotopic (exact) mass is 242 g/mol. The molecule has 0 atom stereocenters. The van der Waals surface area contributed by atoms with E-state index in [9.17, 15) is 5.11 Å².